The van der Waals surface area contributed by atoms with Crippen molar-refractivity contribution in [1.29, 1.82) is 0 Å². The van der Waals surface area contributed by atoms with Crippen LogP contribution >= 0.6 is 0 Å². The number of carbonyl (C=O) groups is 1. The predicted octanol–water partition coefficient (Wildman–Crippen LogP) is 2.35. The Morgan fingerprint density at radius 2 is 2.12 bits per heavy atom. The summed E-state index contributed by atoms with van der Waals surface area (Å²) in [4.78, 5) is 11.7. The van der Waals surface area contributed by atoms with Crippen LogP contribution in [0.15, 0.2) is 30.6 Å². The van der Waals surface area contributed by atoms with Gasteiger partial charge in [0.1, 0.15) is 6.54 Å². The van der Waals surface area contributed by atoms with Crippen LogP contribution in [0.4, 0.5) is 8.78 Å². The van der Waals surface area contributed by atoms with E-state index in [1.165, 1.54) is 10.7 Å². The summed E-state index contributed by atoms with van der Waals surface area (Å²) in [5.41, 5.74) is 1.07. The van der Waals surface area contributed by atoms with E-state index in [4.69, 9.17) is 0 Å². The van der Waals surface area contributed by atoms with Gasteiger partial charge in [0.25, 0.3) is 0 Å². The van der Waals surface area contributed by atoms with E-state index in [0.29, 0.717) is 0 Å². The molecule has 1 aromatic carbocycles. The number of carbonyl (C=O) groups excluding carboxylic acids is 1. The molecule has 0 aliphatic carbocycles. The molecular formula is C12H10F2N2O. The second kappa shape index (κ2) is 4.45. The maximum Gasteiger partial charge on any atom is 0.184 e. The highest BCUT2D eigenvalue weighted by atomic mass is 19.2. The zero-order valence-electron chi connectivity index (χ0n) is 9.15. The minimum absolute atomic E-state index is 0.0128. The number of hydrogen-bond donors (Lipinski definition) is 0. The van der Waals surface area contributed by atoms with Crippen molar-refractivity contribution in [3.63, 3.8) is 0 Å². The highest BCUT2D eigenvalue weighted by Gasteiger charge is 2.10. The molecule has 2 aromatic rings. The summed E-state index contributed by atoms with van der Waals surface area (Å²) in [6.45, 7) is 1.87. The van der Waals surface area contributed by atoms with Crippen LogP contribution in [0.2, 0.25) is 0 Å². The third-order valence-electron chi connectivity index (χ3n) is 2.31. The summed E-state index contributed by atoms with van der Waals surface area (Å²) in [6, 6.07) is 3.10. The SMILES string of the molecule is Cc1cnn(CC(=O)c2ccc(F)c(F)c2)c1. The number of ketones is 1. The van der Waals surface area contributed by atoms with Crippen molar-refractivity contribution in [2.45, 2.75) is 13.5 Å². The summed E-state index contributed by atoms with van der Waals surface area (Å²) in [7, 11) is 0. The van der Waals surface area contributed by atoms with E-state index < -0.39 is 11.6 Å². The Morgan fingerprint density at radius 3 is 2.71 bits per heavy atom. The van der Waals surface area contributed by atoms with Crippen molar-refractivity contribution < 1.29 is 13.6 Å². The van der Waals surface area contributed by atoms with Crippen LogP contribution in [0.5, 0.6) is 0 Å². The Labute approximate surface area is 96.7 Å². The van der Waals surface area contributed by atoms with Crippen molar-refractivity contribution in [2.24, 2.45) is 0 Å². The molecule has 0 aliphatic heterocycles. The van der Waals surface area contributed by atoms with Crippen molar-refractivity contribution in [2.75, 3.05) is 0 Å². The van der Waals surface area contributed by atoms with Crippen LogP contribution in [0.3, 0.4) is 0 Å². The first-order chi connectivity index (χ1) is 8.06. The lowest BCUT2D eigenvalue weighted by atomic mass is 10.1. The Kier molecular flexibility index (Phi) is 2.99. The Hall–Kier alpha value is -2.04. The quantitative estimate of drug-likeness (QED) is 0.767. The molecule has 0 bridgehead atoms. The van der Waals surface area contributed by atoms with Crippen molar-refractivity contribution in [3.05, 3.63) is 53.4 Å². The maximum atomic E-state index is 12.9. The van der Waals surface area contributed by atoms with E-state index in [9.17, 15) is 13.6 Å². The molecule has 0 aliphatic rings. The van der Waals surface area contributed by atoms with Gasteiger partial charge in [-0.15, -0.1) is 0 Å². The van der Waals surface area contributed by atoms with Gasteiger partial charge in [-0.2, -0.15) is 5.10 Å². The minimum Gasteiger partial charge on any atom is -0.292 e. The fourth-order valence-corrected chi connectivity index (χ4v) is 1.46. The number of aryl methyl sites for hydroxylation is 1. The number of hydrogen-bond acceptors (Lipinski definition) is 2. The van der Waals surface area contributed by atoms with Gasteiger partial charge in [-0.25, -0.2) is 8.78 Å². The molecule has 3 nitrogen and oxygen atoms in total. The average Bonchev–Trinajstić information content (AvgIpc) is 2.68. The van der Waals surface area contributed by atoms with Crippen LogP contribution in [-0.4, -0.2) is 15.6 Å². The van der Waals surface area contributed by atoms with Gasteiger partial charge in [0.2, 0.25) is 0 Å². The van der Waals surface area contributed by atoms with Gasteiger partial charge in [0, 0.05) is 11.8 Å². The van der Waals surface area contributed by atoms with E-state index in [2.05, 4.69) is 5.10 Å². The number of halogens is 2. The predicted molar refractivity (Wildman–Crippen MR) is 57.7 cm³/mol. The molecule has 0 unspecified atom stereocenters. The van der Waals surface area contributed by atoms with Crippen LogP contribution in [0.25, 0.3) is 0 Å². The molecule has 0 saturated heterocycles. The number of aromatic nitrogens is 2. The van der Waals surface area contributed by atoms with E-state index in [-0.39, 0.29) is 17.9 Å². The van der Waals surface area contributed by atoms with Crippen LogP contribution in [0, 0.1) is 18.6 Å². The molecule has 0 N–H and O–H groups in total. The Bertz CT molecular complexity index is 563. The average molecular weight is 236 g/mol. The summed E-state index contributed by atoms with van der Waals surface area (Å²) >= 11 is 0. The molecule has 0 atom stereocenters. The molecule has 0 radical (unpaired) electrons. The van der Waals surface area contributed by atoms with Gasteiger partial charge in [0.05, 0.1) is 6.20 Å². The fraction of sp³-hybridized carbons (Fsp3) is 0.167. The number of benzene rings is 1. The molecule has 1 heterocycles. The topological polar surface area (TPSA) is 34.9 Å². The first kappa shape index (κ1) is 11.4. The van der Waals surface area contributed by atoms with Gasteiger partial charge in [-0.1, -0.05) is 0 Å². The zero-order chi connectivity index (χ0) is 12.4. The van der Waals surface area contributed by atoms with Gasteiger partial charge < -0.3 is 0 Å². The van der Waals surface area contributed by atoms with Gasteiger partial charge in [-0.3, -0.25) is 9.48 Å². The summed E-state index contributed by atoms with van der Waals surface area (Å²) in [5.74, 6) is -2.30. The van der Waals surface area contributed by atoms with Gasteiger partial charge in [0.15, 0.2) is 17.4 Å². The second-order valence-corrected chi connectivity index (χ2v) is 3.77. The van der Waals surface area contributed by atoms with Crippen LogP contribution in [-0.2, 0) is 6.54 Å². The number of Topliss-reactive ketones (excluding diaryl/α,β-unsaturated/α-hetero) is 1. The van der Waals surface area contributed by atoms with E-state index in [1.54, 1.807) is 12.4 Å². The van der Waals surface area contributed by atoms with Crippen molar-refractivity contribution in [1.82, 2.24) is 9.78 Å². The molecule has 1 aromatic heterocycles. The van der Waals surface area contributed by atoms with Gasteiger partial charge in [-0.05, 0) is 30.7 Å². The smallest absolute Gasteiger partial charge is 0.184 e. The molecule has 0 saturated carbocycles. The lowest BCUT2D eigenvalue weighted by Gasteiger charge is -2.02. The fourth-order valence-electron chi connectivity index (χ4n) is 1.46. The molecule has 5 heteroatoms. The van der Waals surface area contributed by atoms with Crippen LogP contribution in [0.1, 0.15) is 15.9 Å². The first-order valence-electron chi connectivity index (χ1n) is 5.03. The second-order valence-electron chi connectivity index (χ2n) is 3.77. The Balaban J connectivity index is 2.17. The standard InChI is InChI=1S/C12H10F2N2O/c1-8-5-15-16(6-8)7-12(17)9-2-3-10(13)11(14)4-9/h2-6H,7H2,1H3. The largest absolute Gasteiger partial charge is 0.292 e. The summed E-state index contributed by atoms with van der Waals surface area (Å²) < 4.78 is 27.1. The lowest BCUT2D eigenvalue weighted by Crippen LogP contribution is -2.11. The molecule has 17 heavy (non-hydrogen) atoms. The summed E-state index contributed by atoms with van der Waals surface area (Å²) in [5, 5.41) is 3.95. The Morgan fingerprint density at radius 1 is 1.35 bits per heavy atom. The van der Waals surface area contributed by atoms with Crippen molar-refractivity contribution >= 4 is 5.78 Å². The van der Waals surface area contributed by atoms with E-state index in [0.717, 1.165) is 17.7 Å². The molecule has 0 fully saturated rings. The first-order valence-corrected chi connectivity index (χ1v) is 5.03. The number of nitrogens with zero attached hydrogens (tertiary/aromatic N) is 2. The van der Waals surface area contributed by atoms with E-state index in [1.807, 2.05) is 6.92 Å². The normalized spacial score (nSPS) is 10.5. The molecular weight excluding hydrogens is 226 g/mol. The highest BCUT2D eigenvalue weighted by molar-refractivity contribution is 5.95. The summed E-state index contributed by atoms with van der Waals surface area (Å²) in [6.07, 6.45) is 3.33. The lowest BCUT2D eigenvalue weighted by molar-refractivity contribution is 0.0967. The highest BCUT2D eigenvalue weighted by Crippen LogP contribution is 2.10. The third kappa shape index (κ3) is 2.55. The maximum absolute atomic E-state index is 12.9. The molecule has 2 rings (SSSR count). The van der Waals surface area contributed by atoms with E-state index >= 15 is 0 Å². The van der Waals surface area contributed by atoms with Crippen LogP contribution < -0.4 is 0 Å². The zero-order valence-corrected chi connectivity index (χ0v) is 9.15. The van der Waals surface area contributed by atoms with Crippen molar-refractivity contribution in [3.8, 4) is 0 Å². The van der Waals surface area contributed by atoms with Gasteiger partial charge >= 0.3 is 0 Å². The minimum atomic E-state index is -1.02. The monoisotopic (exact) mass is 236 g/mol. The molecule has 88 valence electrons. The third-order valence-corrected chi connectivity index (χ3v) is 2.31. The number of rotatable bonds is 3. The molecule has 0 amide bonds. The molecule has 0 spiro atoms.